The summed E-state index contributed by atoms with van der Waals surface area (Å²) < 4.78 is 0. The molecule has 0 bridgehead atoms. The number of hydrogen-bond donors (Lipinski definition) is 1. The van der Waals surface area contributed by atoms with Crippen molar-refractivity contribution in [3.63, 3.8) is 0 Å². The maximum Gasteiger partial charge on any atom is 0.243 e. The van der Waals surface area contributed by atoms with Crippen LogP contribution in [0.25, 0.3) is 0 Å². The van der Waals surface area contributed by atoms with E-state index in [0.717, 1.165) is 31.0 Å². The Morgan fingerprint density at radius 2 is 2.47 bits per heavy atom. The number of amides is 1. The van der Waals surface area contributed by atoms with Gasteiger partial charge in [0.05, 0.1) is 14.3 Å². The van der Waals surface area contributed by atoms with Gasteiger partial charge >= 0.3 is 0 Å². The van der Waals surface area contributed by atoms with Crippen LogP contribution in [0.5, 0.6) is 0 Å². The van der Waals surface area contributed by atoms with Crippen molar-refractivity contribution in [2.24, 2.45) is 0 Å². The van der Waals surface area contributed by atoms with Gasteiger partial charge in [0, 0.05) is 6.42 Å². The summed E-state index contributed by atoms with van der Waals surface area (Å²) in [6.07, 6.45) is 5.39. The van der Waals surface area contributed by atoms with Crippen LogP contribution in [0.15, 0.2) is 12.7 Å². The molecule has 2 unspecified atom stereocenters. The minimum atomic E-state index is -1.26. The minimum Gasteiger partial charge on any atom is -0.630 e. The molecule has 0 saturated heterocycles. The molecular formula is C11H18NO2P. The molecule has 0 aromatic heterocycles. The summed E-state index contributed by atoms with van der Waals surface area (Å²) in [5, 5.41) is 3.71. The molecule has 1 amide bonds. The molecule has 15 heavy (non-hydrogen) atoms. The molecule has 84 valence electrons. The average Bonchev–Trinajstić information content (AvgIpc) is 2.40. The van der Waals surface area contributed by atoms with Crippen LogP contribution < -0.4 is 10.2 Å². The van der Waals surface area contributed by atoms with Crippen molar-refractivity contribution in [2.75, 3.05) is 6.54 Å². The Morgan fingerprint density at radius 1 is 1.73 bits per heavy atom. The summed E-state index contributed by atoms with van der Waals surface area (Å²) in [4.78, 5) is 23.0. The number of carbonyl (C=O) groups is 1. The molecule has 1 aliphatic heterocycles. The fourth-order valence-corrected chi connectivity index (χ4v) is 3.39. The topological polar surface area (TPSA) is 52.2 Å². The number of hydrogen-bond acceptors (Lipinski definition) is 2. The fraction of sp³-hybridized carbons (Fsp3) is 0.636. The maximum atomic E-state index is 12.0. The average molecular weight is 227 g/mol. The van der Waals surface area contributed by atoms with Crippen LogP contribution in [0.1, 0.15) is 32.6 Å². The Morgan fingerprint density at radius 3 is 3.13 bits per heavy atom. The minimum absolute atomic E-state index is 0.192. The third-order valence-electron chi connectivity index (χ3n) is 2.70. The van der Waals surface area contributed by atoms with E-state index in [1.807, 2.05) is 6.92 Å². The summed E-state index contributed by atoms with van der Waals surface area (Å²) in [6.45, 7) is 5.86. The van der Waals surface area contributed by atoms with E-state index in [0.29, 0.717) is 6.54 Å². The zero-order valence-corrected chi connectivity index (χ0v) is 10.1. The Hall–Kier alpha value is -0.660. The number of rotatable bonds is 3. The molecular weight excluding hydrogens is 209 g/mol. The van der Waals surface area contributed by atoms with Crippen LogP contribution in [0.4, 0.5) is 0 Å². The second-order valence-corrected chi connectivity index (χ2v) is 6.07. The van der Waals surface area contributed by atoms with E-state index in [2.05, 4.69) is 11.9 Å². The molecule has 0 aliphatic carbocycles. The monoisotopic (exact) mass is 227 g/mol. The molecule has 1 heterocycles. The highest BCUT2D eigenvalue weighted by Gasteiger charge is 2.20. The van der Waals surface area contributed by atoms with E-state index in [-0.39, 0.29) is 11.6 Å². The molecule has 0 aromatic carbocycles. The van der Waals surface area contributed by atoms with Crippen LogP contribution in [-0.4, -0.2) is 23.4 Å². The molecule has 3 nitrogen and oxygen atoms in total. The highest BCUT2D eigenvalue weighted by Crippen LogP contribution is 2.31. The Balaban J connectivity index is 2.60. The van der Waals surface area contributed by atoms with Crippen LogP contribution in [-0.2, 0) is 4.79 Å². The van der Waals surface area contributed by atoms with Crippen molar-refractivity contribution >= 4 is 19.0 Å². The highest BCUT2D eigenvalue weighted by atomic mass is 31.1. The first-order chi connectivity index (χ1) is 7.15. The van der Waals surface area contributed by atoms with E-state index in [4.69, 9.17) is 0 Å². The van der Waals surface area contributed by atoms with E-state index >= 15 is 0 Å². The standard InChI is InChI=1S/C11H18NO2P/c1-3-11(13)12-8-10-7-5-4-6-9(2)15(10)14/h3,9H,1,4-8H2,2H3,(H,12,13). The van der Waals surface area contributed by atoms with Gasteiger partial charge < -0.3 is 10.2 Å². The molecule has 2 atom stereocenters. The molecule has 0 fully saturated rings. The third-order valence-corrected chi connectivity index (χ3v) is 4.77. The van der Waals surface area contributed by atoms with E-state index < -0.39 is 7.77 Å². The van der Waals surface area contributed by atoms with Crippen molar-refractivity contribution in [3.05, 3.63) is 12.7 Å². The molecule has 0 saturated carbocycles. The lowest BCUT2D eigenvalue weighted by Gasteiger charge is -2.09. The number of nitrogens with one attached hydrogen (secondary N) is 1. The van der Waals surface area contributed by atoms with Gasteiger partial charge in [0.15, 0.2) is 0 Å². The van der Waals surface area contributed by atoms with Gasteiger partial charge in [-0.15, -0.1) is 0 Å². The van der Waals surface area contributed by atoms with E-state index in [9.17, 15) is 9.69 Å². The van der Waals surface area contributed by atoms with Gasteiger partial charge in [-0.05, 0) is 32.3 Å². The Bertz CT molecular complexity index is 286. The summed E-state index contributed by atoms with van der Waals surface area (Å²) in [5.74, 6) is -0.192. The van der Waals surface area contributed by atoms with Gasteiger partial charge in [0.25, 0.3) is 0 Å². The summed E-state index contributed by atoms with van der Waals surface area (Å²) in [5.41, 5.74) is 0.262. The molecule has 4 heteroatoms. The number of carbonyl (C=O) groups excluding carboxylic acids is 1. The lowest BCUT2D eigenvalue weighted by Crippen LogP contribution is -2.28. The van der Waals surface area contributed by atoms with Crippen molar-refractivity contribution in [3.8, 4) is 0 Å². The second-order valence-electron chi connectivity index (χ2n) is 3.91. The third kappa shape index (κ3) is 3.77. The van der Waals surface area contributed by atoms with Crippen molar-refractivity contribution in [1.82, 2.24) is 5.32 Å². The highest BCUT2D eigenvalue weighted by molar-refractivity contribution is 7.52. The Labute approximate surface area is 92.0 Å². The zero-order chi connectivity index (χ0) is 11.3. The lowest BCUT2D eigenvalue weighted by molar-refractivity contribution is -0.154. The van der Waals surface area contributed by atoms with Gasteiger partial charge in [-0.1, -0.05) is 6.58 Å². The summed E-state index contributed by atoms with van der Waals surface area (Å²) >= 11 is 0. The van der Waals surface area contributed by atoms with Crippen molar-refractivity contribution < 1.29 is 9.69 Å². The largest absolute Gasteiger partial charge is 0.630 e. The van der Waals surface area contributed by atoms with Gasteiger partial charge in [0.1, 0.15) is 11.0 Å². The van der Waals surface area contributed by atoms with Gasteiger partial charge in [-0.25, -0.2) is 0 Å². The fourth-order valence-electron chi connectivity index (χ4n) is 1.74. The summed E-state index contributed by atoms with van der Waals surface area (Å²) in [6, 6.07) is 0. The first-order valence-corrected chi connectivity index (χ1v) is 6.69. The Kier molecular flexibility index (Phi) is 5.00. The van der Waals surface area contributed by atoms with Crippen LogP contribution in [0.2, 0.25) is 0 Å². The SMILES string of the molecule is C=CC(=O)NCC1=[P+]([O-])C(C)CCCC1. The first kappa shape index (κ1) is 12.4. The molecule has 1 N–H and O–H groups in total. The van der Waals surface area contributed by atoms with Crippen LogP contribution in [0, 0.1) is 0 Å². The normalized spacial score (nSPS) is 24.5. The van der Waals surface area contributed by atoms with Crippen LogP contribution >= 0.6 is 7.77 Å². The van der Waals surface area contributed by atoms with E-state index in [1.54, 1.807) is 0 Å². The van der Waals surface area contributed by atoms with Crippen molar-refractivity contribution in [2.45, 2.75) is 38.3 Å². The second kappa shape index (κ2) is 6.04. The van der Waals surface area contributed by atoms with Gasteiger partial charge in [-0.3, -0.25) is 4.79 Å². The van der Waals surface area contributed by atoms with E-state index in [1.165, 1.54) is 6.08 Å². The predicted octanol–water partition coefficient (Wildman–Crippen LogP) is 1.18. The lowest BCUT2D eigenvalue weighted by atomic mass is 10.1. The maximum absolute atomic E-state index is 12.0. The smallest absolute Gasteiger partial charge is 0.243 e. The predicted molar refractivity (Wildman–Crippen MR) is 63.1 cm³/mol. The molecule has 1 rings (SSSR count). The first-order valence-electron chi connectivity index (χ1n) is 5.36. The van der Waals surface area contributed by atoms with Crippen LogP contribution in [0.3, 0.4) is 0 Å². The van der Waals surface area contributed by atoms with Gasteiger partial charge in [0.2, 0.25) is 5.91 Å². The molecule has 1 aliphatic rings. The van der Waals surface area contributed by atoms with Crippen molar-refractivity contribution in [1.29, 1.82) is 0 Å². The molecule has 0 aromatic rings. The molecule has 0 spiro atoms. The summed E-state index contributed by atoms with van der Waals surface area (Å²) in [7, 11) is -1.26. The molecule has 0 radical (unpaired) electrons. The zero-order valence-electron chi connectivity index (χ0n) is 9.16. The quantitative estimate of drug-likeness (QED) is 0.581. The van der Waals surface area contributed by atoms with Gasteiger partial charge in [-0.2, -0.15) is 0 Å².